The predicted molar refractivity (Wildman–Crippen MR) is 116 cm³/mol. The van der Waals surface area contributed by atoms with Crippen LogP contribution in [-0.2, 0) is 11.3 Å². The summed E-state index contributed by atoms with van der Waals surface area (Å²) in [5, 5.41) is 0. The van der Waals surface area contributed by atoms with E-state index in [-0.39, 0.29) is 42.5 Å². The summed E-state index contributed by atoms with van der Waals surface area (Å²) in [6.45, 7) is 3.39. The first kappa shape index (κ1) is 20.8. The maximum atomic E-state index is 13.2. The Morgan fingerprint density at radius 1 is 1.16 bits per heavy atom. The fourth-order valence-corrected chi connectivity index (χ4v) is 3.99. The molecule has 2 aliphatic rings. The summed E-state index contributed by atoms with van der Waals surface area (Å²) in [5.41, 5.74) is 3.00. The fourth-order valence-electron chi connectivity index (χ4n) is 3.99. The Morgan fingerprint density at radius 3 is 2.58 bits per heavy atom. The van der Waals surface area contributed by atoms with Gasteiger partial charge in [0.2, 0.25) is 0 Å². The molecule has 4 rings (SSSR count). The van der Waals surface area contributed by atoms with Gasteiger partial charge in [-0.1, -0.05) is 35.7 Å². The topological polar surface area (TPSA) is 66.9 Å². The number of carbonyl (C=O) groups excluding carboxylic acids is 3. The van der Waals surface area contributed by atoms with Crippen molar-refractivity contribution in [2.75, 3.05) is 19.7 Å². The zero-order chi connectivity index (χ0) is 22.0. The number of fused-ring (bicyclic) bond motifs is 1. The number of benzene rings is 2. The second-order valence-electron chi connectivity index (χ2n) is 7.97. The van der Waals surface area contributed by atoms with Crippen LogP contribution in [-0.4, -0.2) is 53.3 Å². The average molecular weight is 416 g/mol. The molecule has 1 fully saturated rings. The van der Waals surface area contributed by atoms with Crippen molar-refractivity contribution in [3.63, 3.8) is 0 Å². The number of hydrogen-bond acceptors (Lipinski definition) is 4. The second-order valence-corrected chi connectivity index (χ2v) is 7.97. The lowest BCUT2D eigenvalue weighted by Gasteiger charge is -2.21. The van der Waals surface area contributed by atoms with Gasteiger partial charge in [-0.05, 0) is 43.5 Å². The number of terminal acetylenes is 1. The molecule has 0 aliphatic carbocycles. The molecule has 2 aromatic carbocycles. The van der Waals surface area contributed by atoms with Crippen LogP contribution in [0, 0.1) is 19.3 Å². The smallest absolute Gasteiger partial charge is 0.261 e. The Balaban J connectivity index is 1.55. The highest BCUT2D eigenvalue weighted by Gasteiger charge is 2.38. The molecule has 0 radical (unpaired) electrons. The Labute approximate surface area is 181 Å². The molecule has 0 bridgehead atoms. The highest BCUT2D eigenvalue weighted by Crippen LogP contribution is 2.26. The number of ether oxygens (including phenoxy) is 1. The molecule has 0 N–H and O–H groups in total. The summed E-state index contributed by atoms with van der Waals surface area (Å²) in [4.78, 5) is 41.5. The lowest BCUT2D eigenvalue weighted by atomic mass is 10.0. The van der Waals surface area contributed by atoms with Gasteiger partial charge in [-0.3, -0.25) is 19.3 Å². The van der Waals surface area contributed by atoms with Gasteiger partial charge in [-0.25, -0.2) is 0 Å². The number of aryl methyl sites for hydroxylation is 1. The van der Waals surface area contributed by atoms with Gasteiger partial charge in [-0.2, -0.15) is 0 Å². The van der Waals surface area contributed by atoms with Gasteiger partial charge < -0.3 is 9.64 Å². The minimum atomic E-state index is -0.382. The molecular weight excluding hydrogens is 392 g/mol. The van der Waals surface area contributed by atoms with E-state index in [9.17, 15) is 14.4 Å². The summed E-state index contributed by atoms with van der Waals surface area (Å²) in [5.74, 6) is 1.53. The van der Waals surface area contributed by atoms with Gasteiger partial charge >= 0.3 is 0 Å². The van der Waals surface area contributed by atoms with Crippen molar-refractivity contribution in [2.45, 2.75) is 32.4 Å². The number of nitrogens with zero attached hydrogens (tertiary/aromatic N) is 2. The van der Waals surface area contributed by atoms with Crippen LogP contribution in [0.25, 0.3) is 0 Å². The van der Waals surface area contributed by atoms with Gasteiger partial charge in [0.25, 0.3) is 17.7 Å². The van der Waals surface area contributed by atoms with Gasteiger partial charge in [0.1, 0.15) is 0 Å². The molecule has 0 saturated carbocycles. The molecule has 31 heavy (non-hydrogen) atoms. The van der Waals surface area contributed by atoms with Crippen molar-refractivity contribution in [2.24, 2.45) is 0 Å². The van der Waals surface area contributed by atoms with Gasteiger partial charge in [0.05, 0.1) is 30.3 Å². The van der Waals surface area contributed by atoms with E-state index in [0.29, 0.717) is 24.3 Å². The van der Waals surface area contributed by atoms with E-state index in [1.165, 1.54) is 11.0 Å². The standard InChI is InChI=1S/C25H24N2O4/c1-3-12-26(15-18-8-6-17(2)7-9-18)23(28)19-10-11-21-22(14-19)25(30)27(24(21)29)16-20-5-4-13-31-20/h1,6-11,14,20H,4-5,12-13,15-16H2,2H3. The van der Waals surface area contributed by atoms with Crippen LogP contribution < -0.4 is 0 Å². The summed E-state index contributed by atoms with van der Waals surface area (Å²) in [7, 11) is 0. The van der Waals surface area contributed by atoms with E-state index in [4.69, 9.17) is 11.2 Å². The van der Waals surface area contributed by atoms with Crippen molar-refractivity contribution in [1.82, 2.24) is 9.80 Å². The molecule has 158 valence electrons. The summed E-state index contributed by atoms with van der Waals surface area (Å²) in [6, 6.07) is 12.5. The molecule has 0 spiro atoms. The third kappa shape index (κ3) is 4.23. The molecule has 0 aromatic heterocycles. The third-order valence-corrected chi connectivity index (χ3v) is 5.69. The molecular formula is C25H24N2O4. The quantitative estimate of drug-likeness (QED) is 0.536. The summed E-state index contributed by atoms with van der Waals surface area (Å²) in [6.07, 6.45) is 7.13. The van der Waals surface area contributed by atoms with Crippen LogP contribution in [0.4, 0.5) is 0 Å². The molecule has 2 aromatic rings. The van der Waals surface area contributed by atoms with Gasteiger partial charge in [0, 0.05) is 18.7 Å². The van der Waals surface area contributed by atoms with E-state index in [2.05, 4.69) is 5.92 Å². The zero-order valence-electron chi connectivity index (χ0n) is 17.5. The van der Waals surface area contributed by atoms with Crippen molar-refractivity contribution in [3.8, 4) is 12.3 Å². The van der Waals surface area contributed by atoms with Crippen molar-refractivity contribution < 1.29 is 19.1 Å². The first-order chi connectivity index (χ1) is 15.0. The minimum Gasteiger partial charge on any atom is -0.376 e. The first-order valence-corrected chi connectivity index (χ1v) is 10.4. The van der Waals surface area contributed by atoms with Crippen molar-refractivity contribution >= 4 is 17.7 Å². The van der Waals surface area contributed by atoms with E-state index in [0.717, 1.165) is 24.0 Å². The number of hydrogen-bond donors (Lipinski definition) is 0. The highest BCUT2D eigenvalue weighted by atomic mass is 16.5. The number of amides is 3. The van der Waals surface area contributed by atoms with Crippen molar-refractivity contribution in [1.29, 1.82) is 0 Å². The number of imide groups is 1. The first-order valence-electron chi connectivity index (χ1n) is 10.4. The minimum absolute atomic E-state index is 0.121. The highest BCUT2D eigenvalue weighted by molar-refractivity contribution is 6.22. The lowest BCUT2D eigenvalue weighted by molar-refractivity contribution is 0.0475. The molecule has 6 heteroatoms. The van der Waals surface area contributed by atoms with Crippen LogP contribution in [0.1, 0.15) is 55.0 Å². The van der Waals surface area contributed by atoms with E-state index < -0.39 is 0 Å². The number of rotatable bonds is 6. The molecule has 3 amide bonds. The Morgan fingerprint density at radius 2 is 1.90 bits per heavy atom. The monoisotopic (exact) mass is 416 g/mol. The second kappa shape index (κ2) is 8.75. The SMILES string of the molecule is C#CCN(Cc1ccc(C)cc1)C(=O)c1ccc2c(c1)C(=O)N(CC1CCCO1)C2=O. The largest absolute Gasteiger partial charge is 0.376 e. The summed E-state index contributed by atoms with van der Waals surface area (Å²) < 4.78 is 5.57. The average Bonchev–Trinajstić information content (AvgIpc) is 3.37. The van der Waals surface area contributed by atoms with Crippen LogP contribution in [0.5, 0.6) is 0 Å². The molecule has 1 unspecified atom stereocenters. The van der Waals surface area contributed by atoms with E-state index in [1.807, 2.05) is 31.2 Å². The van der Waals surface area contributed by atoms with Gasteiger partial charge in [-0.15, -0.1) is 6.42 Å². The van der Waals surface area contributed by atoms with Crippen LogP contribution in [0.3, 0.4) is 0 Å². The van der Waals surface area contributed by atoms with Gasteiger partial charge in [0.15, 0.2) is 0 Å². The van der Waals surface area contributed by atoms with Crippen molar-refractivity contribution in [3.05, 3.63) is 70.3 Å². The molecule has 2 aliphatic heterocycles. The lowest BCUT2D eigenvalue weighted by Crippen LogP contribution is -2.36. The number of carbonyl (C=O) groups is 3. The Kier molecular flexibility index (Phi) is 5.88. The van der Waals surface area contributed by atoms with Crippen LogP contribution in [0.2, 0.25) is 0 Å². The van der Waals surface area contributed by atoms with Crippen LogP contribution in [0.15, 0.2) is 42.5 Å². The molecule has 1 saturated heterocycles. The Bertz CT molecular complexity index is 1060. The zero-order valence-corrected chi connectivity index (χ0v) is 17.5. The molecule has 6 nitrogen and oxygen atoms in total. The Hall–Kier alpha value is -3.43. The fraction of sp³-hybridized carbons (Fsp3) is 0.320. The van der Waals surface area contributed by atoms with E-state index in [1.54, 1.807) is 17.0 Å². The van der Waals surface area contributed by atoms with Crippen LogP contribution >= 0.6 is 0 Å². The third-order valence-electron chi connectivity index (χ3n) is 5.69. The summed E-state index contributed by atoms with van der Waals surface area (Å²) >= 11 is 0. The molecule has 2 heterocycles. The maximum Gasteiger partial charge on any atom is 0.261 e. The predicted octanol–water partition coefficient (Wildman–Crippen LogP) is 3.05. The normalized spacial score (nSPS) is 17.5. The maximum absolute atomic E-state index is 13.2. The van der Waals surface area contributed by atoms with E-state index >= 15 is 0 Å². The molecule has 1 atom stereocenters.